The number of carbonyl (C=O) groups is 1. The zero-order valence-electron chi connectivity index (χ0n) is 19.9. The molecule has 3 aromatic rings. The van der Waals surface area contributed by atoms with Gasteiger partial charge in [-0.25, -0.2) is 0 Å². The average Bonchev–Trinajstić information content (AvgIpc) is 3.19. The summed E-state index contributed by atoms with van der Waals surface area (Å²) in [7, 11) is 0. The van der Waals surface area contributed by atoms with E-state index < -0.39 is 0 Å². The van der Waals surface area contributed by atoms with Crippen molar-refractivity contribution >= 4 is 33.0 Å². The lowest BCUT2D eigenvalue weighted by Crippen LogP contribution is -2.38. The van der Waals surface area contributed by atoms with Gasteiger partial charge in [0.15, 0.2) is 0 Å². The van der Waals surface area contributed by atoms with Crippen molar-refractivity contribution in [3.05, 3.63) is 52.7 Å². The second kappa shape index (κ2) is 8.98. The number of hydrogen-bond donors (Lipinski definition) is 1. The quantitative estimate of drug-likeness (QED) is 0.504. The molecule has 1 saturated heterocycles. The number of nitrogens with one attached hydrogen (secondary N) is 1. The predicted molar refractivity (Wildman–Crippen MR) is 136 cm³/mol. The van der Waals surface area contributed by atoms with Crippen LogP contribution in [0.15, 0.2) is 36.7 Å². The zero-order valence-corrected chi connectivity index (χ0v) is 20.7. The van der Waals surface area contributed by atoms with Gasteiger partial charge in [-0.2, -0.15) is 0 Å². The highest BCUT2D eigenvalue weighted by atomic mass is 32.1. The van der Waals surface area contributed by atoms with Crippen molar-refractivity contribution < 1.29 is 9.53 Å². The number of carbonyl (C=O) groups excluding carboxylic acids is 1. The fourth-order valence-corrected chi connectivity index (χ4v) is 6.93. The van der Waals surface area contributed by atoms with Crippen molar-refractivity contribution in [1.29, 1.82) is 0 Å². The molecule has 3 atom stereocenters. The largest absolute Gasteiger partial charge is 0.493 e. The van der Waals surface area contributed by atoms with Gasteiger partial charge in [-0.05, 0) is 35.8 Å². The van der Waals surface area contributed by atoms with Gasteiger partial charge in [0.1, 0.15) is 5.75 Å². The van der Waals surface area contributed by atoms with E-state index in [9.17, 15) is 4.79 Å². The standard InChI is InChI=1S/C27H33N3O2S/c1-16(2)24-20-12-28-13-22(30-14-17(3)11-18(4)15-30)25(20)33-26(24)27(31)29-21-9-10-32-23-8-6-5-7-19(21)23/h5-8,12-13,16-18,21H,9-11,14-15H2,1-4H3,(H,29,31)/t17-,18+,21-/m0/s1. The van der Waals surface area contributed by atoms with Gasteiger partial charge < -0.3 is 15.0 Å². The topological polar surface area (TPSA) is 54.5 Å². The van der Waals surface area contributed by atoms with E-state index in [-0.39, 0.29) is 17.9 Å². The molecule has 1 amide bonds. The van der Waals surface area contributed by atoms with Gasteiger partial charge in [-0.1, -0.05) is 45.9 Å². The van der Waals surface area contributed by atoms with Crippen LogP contribution in [0.3, 0.4) is 0 Å². The Bertz CT molecular complexity index is 1160. The number of thiophene rings is 1. The summed E-state index contributed by atoms with van der Waals surface area (Å²) in [6, 6.07) is 7.97. The lowest BCUT2D eigenvalue weighted by atomic mass is 9.91. The van der Waals surface area contributed by atoms with Crippen LogP contribution in [-0.4, -0.2) is 30.6 Å². The van der Waals surface area contributed by atoms with E-state index in [4.69, 9.17) is 4.74 Å². The van der Waals surface area contributed by atoms with Crippen molar-refractivity contribution in [2.75, 3.05) is 24.6 Å². The molecule has 33 heavy (non-hydrogen) atoms. The molecule has 6 heteroatoms. The van der Waals surface area contributed by atoms with Crippen molar-refractivity contribution in [1.82, 2.24) is 10.3 Å². The molecule has 2 aromatic heterocycles. The summed E-state index contributed by atoms with van der Waals surface area (Å²) < 4.78 is 6.98. The van der Waals surface area contributed by atoms with Crippen LogP contribution in [0.4, 0.5) is 5.69 Å². The normalized spacial score (nSPS) is 22.8. The van der Waals surface area contributed by atoms with E-state index in [0.717, 1.165) is 46.7 Å². The maximum Gasteiger partial charge on any atom is 0.262 e. The second-order valence-electron chi connectivity index (χ2n) is 10.1. The predicted octanol–water partition coefficient (Wildman–Crippen LogP) is 6.16. The van der Waals surface area contributed by atoms with E-state index in [1.807, 2.05) is 30.6 Å². The molecule has 0 saturated carbocycles. The Labute approximate surface area is 200 Å². The van der Waals surface area contributed by atoms with E-state index in [0.29, 0.717) is 18.4 Å². The van der Waals surface area contributed by atoms with Crippen LogP contribution >= 0.6 is 11.3 Å². The van der Waals surface area contributed by atoms with Gasteiger partial charge in [0.05, 0.1) is 34.1 Å². The van der Waals surface area contributed by atoms with Crippen LogP contribution in [0.2, 0.25) is 0 Å². The Hall–Kier alpha value is -2.60. The van der Waals surface area contributed by atoms with Gasteiger partial charge in [0, 0.05) is 36.7 Å². The summed E-state index contributed by atoms with van der Waals surface area (Å²) >= 11 is 1.63. The molecular weight excluding hydrogens is 430 g/mol. The number of amides is 1. The number of fused-ring (bicyclic) bond motifs is 2. The molecule has 1 N–H and O–H groups in total. The summed E-state index contributed by atoms with van der Waals surface area (Å²) in [4.78, 5) is 21.5. The first kappa shape index (κ1) is 22.2. The maximum atomic E-state index is 13.6. The summed E-state index contributed by atoms with van der Waals surface area (Å²) in [5.74, 6) is 2.43. The highest BCUT2D eigenvalue weighted by Gasteiger charge is 2.29. The van der Waals surface area contributed by atoms with Crippen LogP contribution in [-0.2, 0) is 0 Å². The fourth-order valence-electron chi connectivity index (χ4n) is 5.56. The van der Waals surface area contributed by atoms with Gasteiger partial charge in [0.25, 0.3) is 5.91 Å². The van der Waals surface area contributed by atoms with Crippen molar-refractivity contribution in [2.24, 2.45) is 11.8 Å². The maximum absolute atomic E-state index is 13.6. The highest BCUT2D eigenvalue weighted by Crippen LogP contribution is 2.42. The number of ether oxygens (including phenoxy) is 1. The summed E-state index contributed by atoms with van der Waals surface area (Å²) in [5, 5.41) is 4.44. The average molecular weight is 464 g/mol. The molecule has 2 aliphatic heterocycles. The van der Waals surface area contributed by atoms with Gasteiger partial charge in [-0.3, -0.25) is 9.78 Å². The molecule has 2 aliphatic rings. The Kier molecular flexibility index (Phi) is 6.04. The molecule has 0 radical (unpaired) electrons. The lowest BCUT2D eigenvalue weighted by molar-refractivity contribution is 0.0928. The number of hydrogen-bond acceptors (Lipinski definition) is 5. The van der Waals surface area contributed by atoms with E-state index >= 15 is 0 Å². The van der Waals surface area contributed by atoms with Crippen LogP contribution in [0.1, 0.15) is 73.3 Å². The molecule has 5 nitrogen and oxygen atoms in total. The smallest absolute Gasteiger partial charge is 0.262 e. The zero-order chi connectivity index (χ0) is 23.1. The molecule has 5 rings (SSSR count). The molecule has 0 aliphatic carbocycles. The second-order valence-corrected chi connectivity index (χ2v) is 11.1. The Balaban J connectivity index is 1.52. The minimum atomic E-state index is -0.0333. The van der Waals surface area contributed by atoms with Crippen LogP contribution in [0.5, 0.6) is 5.75 Å². The van der Waals surface area contributed by atoms with Crippen LogP contribution in [0, 0.1) is 11.8 Å². The molecular formula is C27H33N3O2S. The number of rotatable bonds is 4. The SMILES string of the molecule is CC(C)c1c(C(=O)N[C@H]2CCOc3ccccc32)sc2c(N3C[C@H](C)C[C@H](C)C3)cncc12. The number of anilines is 1. The fraction of sp³-hybridized carbons (Fsp3) is 0.481. The number of para-hydroxylation sites is 1. The number of pyridine rings is 1. The summed E-state index contributed by atoms with van der Waals surface area (Å²) in [6.45, 7) is 11.7. The molecule has 0 spiro atoms. The molecule has 0 bridgehead atoms. The summed E-state index contributed by atoms with van der Waals surface area (Å²) in [6.07, 6.45) is 5.98. The van der Waals surface area contributed by atoms with Gasteiger partial charge >= 0.3 is 0 Å². The summed E-state index contributed by atoms with van der Waals surface area (Å²) in [5.41, 5.74) is 3.34. The minimum absolute atomic E-state index is 0.00735. The number of piperidine rings is 1. The third kappa shape index (κ3) is 4.21. The Morgan fingerprint density at radius 1 is 1.18 bits per heavy atom. The highest BCUT2D eigenvalue weighted by molar-refractivity contribution is 7.21. The molecule has 1 aromatic carbocycles. The van der Waals surface area contributed by atoms with Crippen molar-refractivity contribution in [3.8, 4) is 5.75 Å². The Morgan fingerprint density at radius 3 is 2.70 bits per heavy atom. The first-order valence-electron chi connectivity index (χ1n) is 12.1. The third-order valence-electron chi connectivity index (χ3n) is 6.87. The first-order valence-corrected chi connectivity index (χ1v) is 12.9. The number of aromatic nitrogens is 1. The van der Waals surface area contributed by atoms with E-state index in [1.165, 1.54) is 16.8 Å². The number of benzene rings is 1. The molecule has 0 unspecified atom stereocenters. The van der Waals surface area contributed by atoms with Crippen LogP contribution in [0.25, 0.3) is 10.1 Å². The van der Waals surface area contributed by atoms with Gasteiger partial charge in [-0.15, -0.1) is 11.3 Å². The van der Waals surface area contributed by atoms with Gasteiger partial charge in [0.2, 0.25) is 0 Å². The molecule has 1 fully saturated rings. The van der Waals surface area contributed by atoms with Crippen molar-refractivity contribution in [3.63, 3.8) is 0 Å². The Morgan fingerprint density at radius 2 is 1.94 bits per heavy atom. The van der Waals surface area contributed by atoms with Crippen LogP contribution < -0.4 is 15.0 Å². The lowest BCUT2D eigenvalue weighted by Gasteiger charge is -2.36. The number of nitrogens with zero attached hydrogens (tertiary/aromatic N) is 2. The minimum Gasteiger partial charge on any atom is -0.493 e. The van der Waals surface area contributed by atoms with E-state index in [2.05, 4.69) is 49.0 Å². The first-order chi connectivity index (χ1) is 15.9. The monoisotopic (exact) mass is 463 g/mol. The van der Waals surface area contributed by atoms with Crippen molar-refractivity contribution in [2.45, 2.75) is 52.5 Å². The molecule has 174 valence electrons. The molecule has 4 heterocycles. The van der Waals surface area contributed by atoms with E-state index in [1.54, 1.807) is 11.3 Å². The third-order valence-corrected chi connectivity index (χ3v) is 8.12.